The number of cyclic esters (lactones) is 2. The monoisotopic (exact) mass is 644 g/mol. The summed E-state index contributed by atoms with van der Waals surface area (Å²) in [5.74, 6) is -6.34. The Morgan fingerprint density at radius 1 is 1.07 bits per heavy atom. The predicted molar refractivity (Wildman–Crippen MR) is 159 cm³/mol. The molecule has 0 bridgehead atoms. The van der Waals surface area contributed by atoms with Crippen molar-refractivity contribution in [3.05, 3.63) is 53.9 Å². The second-order valence-corrected chi connectivity index (χ2v) is 11.3. The van der Waals surface area contributed by atoms with Gasteiger partial charge in [-0.2, -0.15) is 0 Å². The standard InChI is InChI=1S/C32H40N2O12/c1-18(2)14-41-16-25(36)43-17-44-28-24(35)11-12-33-26(28)29(37)34-23-15-42-31(39)22(13-21-9-7-6-8-10-21)27(20(5)45-32(23)40)46-30(38)19(3)4/h6-12,18-20,22-23,27H,13-17H2,1-5H3,(H,33,35)(H,34,37)/t20-,22+,23?,27?/m0/s1. The number of hydrogen-bond donors (Lipinski definition) is 2. The van der Waals surface area contributed by atoms with Crippen molar-refractivity contribution in [3.8, 4) is 11.5 Å². The number of amides is 1. The molecule has 1 amide bonds. The van der Waals surface area contributed by atoms with Gasteiger partial charge in [0.25, 0.3) is 5.91 Å². The second-order valence-electron chi connectivity index (χ2n) is 11.3. The van der Waals surface area contributed by atoms with Crippen molar-refractivity contribution in [1.82, 2.24) is 10.3 Å². The van der Waals surface area contributed by atoms with Crippen molar-refractivity contribution in [2.75, 3.05) is 26.6 Å². The lowest BCUT2D eigenvalue weighted by Crippen LogP contribution is -2.47. The predicted octanol–water partition coefficient (Wildman–Crippen LogP) is 2.35. The molecule has 0 saturated carbocycles. The van der Waals surface area contributed by atoms with Crippen LogP contribution in [0.15, 0.2) is 42.6 Å². The maximum Gasteiger partial charge on any atom is 0.334 e. The van der Waals surface area contributed by atoms with E-state index in [1.54, 1.807) is 38.1 Å². The molecule has 2 aromatic rings. The number of carbonyl (C=O) groups is 5. The maximum absolute atomic E-state index is 13.4. The third-order valence-electron chi connectivity index (χ3n) is 6.66. The van der Waals surface area contributed by atoms with Crippen LogP contribution < -0.4 is 10.1 Å². The van der Waals surface area contributed by atoms with E-state index in [9.17, 15) is 29.1 Å². The first-order chi connectivity index (χ1) is 21.9. The van der Waals surface area contributed by atoms with E-state index in [4.69, 9.17) is 28.4 Å². The van der Waals surface area contributed by atoms with Gasteiger partial charge in [-0.25, -0.2) is 14.6 Å². The lowest BCUT2D eigenvalue weighted by Gasteiger charge is -2.29. The van der Waals surface area contributed by atoms with Crippen LogP contribution in [0.2, 0.25) is 0 Å². The van der Waals surface area contributed by atoms with Gasteiger partial charge in [-0.1, -0.05) is 58.0 Å². The summed E-state index contributed by atoms with van der Waals surface area (Å²) >= 11 is 0. The molecule has 1 aliphatic rings. The molecule has 46 heavy (non-hydrogen) atoms. The molecule has 0 spiro atoms. The van der Waals surface area contributed by atoms with Crippen LogP contribution in [0.4, 0.5) is 0 Å². The van der Waals surface area contributed by atoms with Gasteiger partial charge in [0.15, 0.2) is 29.3 Å². The number of aromatic hydroxyl groups is 1. The Bertz CT molecular complexity index is 1360. The third kappa shape index (κ3) is 10.4. The lowest BCUT2D eigenvalue weighted by molar-refractivity contribution is -0.176. The van der Waals surface area contributed by atoms with Crippen molar-refractivity contribution in [1.29, 1.82) is 0 Å². The van der Waals surface area contributed by atoms with E-state index in [0.717, 1.165) is 17.8 Å². The van der Waals surface area contributed by atoms with E-state index in [0.29, 0.717) is 6.61 Å². The highest BCUT2D eigenvalue weighted by Crippen LogP contribution is 2.29. The highest BCUT2D eigenvalue weighted by molar-refractivity contribution is 5.98. The van der Waals surface area contributed by atoms with Crippen LogP contribution in [0.5, 0.6) is 11.5 Å². The van der Waals surface area contributed by atoms with Crippen molar-refractivity contribution in [2.45, 2.75) is 59.3 Å². The minimum absolute atomic E-state index is 0.122. The fourth-order valence-corrected chi connectivity index (χ4v) is 4.29. The van der Waals surface area contributed by atoms with Crippen LogP contribution in [-0.4, -0.2) is 84.7 Å². The number of aromatic nitrogens is 1. The molecule has 0 aliphatic carbocycles. The number of nitrogens with one attached hydrogen (secondary N) is 1. The van der Waals surface area contributed by atoms with Gasteiger partial charge in [0, 0.05) is 18.9 Å². The van der Waals surface area contributed by atoms with Gasteiger partial charge >= 0.3 is 23.9 Å². The van der Waals surface area contributed by atoms with Gasteiger partial charge in [0.2, 0.25) is 6.79 Å². The molecule has 250 valence electrons. The molecule has 2 N–H and O–H groups in total. The molecule has 1 saturated heterocycles. The van der Waals surface area contributed by atoms with E-state index in [2.05, 4.69) is 10.3 Å². The molecule has 14 heteroatoms. The van der Waals surface area contributed by atoms with Crippen LogP contribution in [0.1, 0.15) is 50.7 Å². The van der Waals surface area contributed by atoms with E-state index < -0.39 is 90.5 Å². The summed E-state index contributed by atoms with van der Waals surface area (Å²) in [4.78, 5) is 68.3. The first kappa shape index (κ1) is 35.8. The average Bonchev–Trinajstić information content (AvgIpc) is 3.04. The summed E-state index contributed by atoms with van der Waals surface area (Å²) in [6, 6.07) is 8.62. The normalized spacial score (nSPS) is 20.1. The minimum atomic E-state index is -1.51. The first-order valence-electron chi connectivity index (χ1n) is 14.8. The SMILES string of the molecule is CC(C)COCC(=O)OCOc1c(O)ccnc1C(=O)NC1COC(=O)[C@H](Cc2ccccc2)C(OC(=O)C(C)C)[C@H](C)OC1=O. The number of nitrogens with zero attached hydrogens (tertiary/aromatic N) is 1. The topological polar surface area (TPSA) is 186 Å². The molecular formula is C32H40N2O12. The maximum atomic E-state index is 13.4. The zero-order chi connectivity index (χ0) is 33.8. The summed E-state index contributed by atoms with van der Waals surface area (Å²) in [5.41, 5.74) is 0.304. The molecule has 2 heterocycles. The van der Waals surface area contributed by atoms with E-state index in [1.807, 2.05) is 19.9 Å². The van der Waals surface area contributed by atoms with Crippen LogP contribution >= 0.6 is 0 Å². The number of rotatable bonds is 13. The van der Waals surface area contributed by atoms with E-state index in [1.165, 1.54) is 6.92 Å². The zero-order valence-corrected chi connectivity index (χ0v) is 26.4. The number of carbonyl (C=O) groups excluding carboxylic acids is 5. The summed E-state index contributed by atoms with van der Waals surface area (Å²) in [6.07, 6.45) is -1.05. The van der Waals surface area contributed by atoms with Gasteiger partial charge < -0.3 is 38.8 Å². The van der Waals surface area contributed by atoms with Gasteiger partial charge in [-0.05, 0) is 24.8 Å². The second kappa shape index (κ2) is 17.1. The highest BCUT2D eigenvalue weighted by atomic mass is 16.7. The van der Waals surface area contributed by atoms with Gasteiger partial charge in [-0.15, -0.1) is 0 Å². The molecule has 3 rings (SSSR count). The van der Waals surface area contributed by atoms with Crippen LogP contribution in [0, 0.1) is 17.8 Å². The summed E-state index contributed by atoms with van der Waals surface area (Å²) in [6.45, 7) is 7.30. The number of hydrogen-bond acceptors (Lipinski definition) is 13. The third-order valence-corrected chi connectivity index (χ3v) is 6.66. The molecule has 1 aromatic carbocycles. The summed E-state index contributed by atoms with van der Waals surface area (Å²) < 4.78 is 32.2. The molecule has 1 aliphatic heterocycles. The average molecular weight is 645 g/mol. The van der Waals surface area contributed by atoms with Gasteiger partial charge in [0.05, 0.1) is 5.92 Å². The van der Waals surface area contributed by atoms with Gasteiger partial charge in [-0.3, -0.25) is 14.4 Å². The Kier molecular flexibility index (Phi) is 13.3. The number of pyridine rings is 1. The Balaban J connectivity index is 1.76. The highest BCUT2D eigenvalue weighted by Gasteiger charge is 2.42. The number of esters is 4. The quantitative estimate of drug-likeness (QED) is 0.184. The fraction of sp³-hybridized carbons (Fsp3) is 0.500. The van der Waals surface area contributed by atoms with Crippen LogP contribution in [-0.2, 0) is 49.3 Å². The van der Waals surface area contributed by atoms with Crippen LogP contribution in [0.25, 0.3) is 0 Å². The van der Waals surface area contributed by atoms with Crippen LogP contribution in [0.3, 0.4) is 0 Å². The molecule has 2 unspecified atom stereocenters. The van der Waals surface area contributed by atoms with Crippen molar-refractivity contribution >= 4 is 29.8 Å². The van der Waals surface area contributed by atoms with Gasteiger partial charge in [0.1, 0.15) is 25.2 Å². The Hall–Kier alpha value is -4.72. The van der Waals surface area contributed by atoms with Crippen molar-refractivity contribution in [3.63, 3.8) is 0 Å². The van der Waals surface area contributed by atoms with E-state index in [-0.39, 0.29) is 18.9 Å². The molecule has 4 atom stereocenters. The van der Waals surface area contributed by atoms with Crippen molar-refractivity contribution in [2.24, 2.45) is 17.8 Å². The first-order valence-corrected chi connectivity index (χ1v) is 14.8. The number of ether oxygens (including phenoxy) is 6. The Morgan fingerprint density at radius 3 is 2.46 bits per heavy atom. The van der Waals surface area contributed by atoms with E-state index >= 15 is 0 Å². The fourth-order valence-electron chi connectivity index (χ4n) is 4.29. The molecule has 1 fully saturated rings. The van der Waals surface area contributed by atoms with Crippen molar-refractivity contribution < 1.29 is 57.5 Å². The zero-order valence-electron chi connectivity index (χ0n) is 26.4. The smallest absolute Gasteiger partial charge is 0.334 e. The summed E-state index contributed by atoms with van der Waals surface area (Å²) in [5, 5.41) is 12.7. The molecule has 14 nitrogen and oxygen atoms in total. The Labute approximate surface area is 266 Å². The Morgan fingerprint density at radius 2 is 1.78 bits per heavy atom. The summed E-state index contributed by atoms with van der Waals surface area (Å²) in [7, 11) is 0. The molecular weight excluding hydrogens is 604 g/mol. The number of benzene rings is 1. The largest absolute Gasteiger partial charge is 0.504 e. The molecule has 1 aromatic heterocycles. The minimum Gasteiger partial charge on any atom is -0.504 e. The molecule has 0 radical (unpaired) electrons. The lowest BCUT2D eigenvalue weighted by atomic mass is 9.91.